The van der Waals surface area contributed by atoms with Crippen LogP contribution in [-0.2, 0) is 12.8 Å². The summed E-state index contributed by atoms with van der Waals surface area (Å²) in [6.07, 6.45) is 7.16. The largest absolute Gasteiger partial charge is 0.237 e. The molecule has 0 radical (unpaired) electrons. The third-order valence-corrected chi connectivity index (χ3v) is 4.15. The van der Waals surface area contributed by atoms with Crippen LogP contribution in [0.3, 0.4) is 0 Å². The minimum absolute atomic E-state index is 0.575. The van der Waals surface area contributed by atoms with E-state index in [-0.39, 0.29) is 0 Å². The van der Waals surface area contributed by atoms with Gasteiger partial charge in [0, 0.05) is 17.2 Å². The normalized spacial score (nSPS) is 28.4. The fraction of sp³-hybridized carbons (Fsp3) is 0.692. The Balaban J connectivity index is 1.99. The molecule has 0 bridgehead atoms. The van der Waals surface area contributed by atoms with Crippen LogP contribution in [0.5, 0.6) is 0 Å². The molecule has 2 atom stereocenters. The van der Waals surface area contributed by atoms with Crippen LogP contribution in [-0.4, -0.2) is 9.97 Å². The summed E-state index contributed by atoms with van der Waals surface area (Å²) in [7, 11) is 0. The number of aromatic nitrogens is 2. The molecule has 0 spiro atoms. The molecule has 1 heterocycles. The van der Waals surface area contributed by atoms with Crippen molar-refractivity contribution in [3.8, 4) is 0 Å². The lowest BCUT2D eigenvalue weighted by Gasteiger charge is -2.08. The highest BCUT2D eigenvalue weighted by atomic mass is 35.5. The van der Waals surface area contributed by atoms with Crippen molar-refractivity contribution in [2.75, 3.05) is 0 Å². The van der Waals surface area contributed by atoms with E-state index in [1.165, 1.54) is 36.9 Å². The highest BCUT2D eigenvalue weighted by Crippen LogP contribution is 2.46. The van der Waals surface area contributed by atoms with E-state index in [1.54, 1.807) is 0 Å². The van der Waals surface area contributed by atoms with Crippen molar-refractivity contribution in [3.63, 3.8) is 0 Å². The van der Waals surface area contributed by atoms with Gasteiger partial charge in [0.1, 0.15) is 11.0 Å². The maximum Gasteiger partial charge on any atom is 0.136 e. The number of hydrogen-bond acceptors (Lipinski definition) is 2. The summed E-state index contributed by atoms with van der Waals surface area (Å²) < 4.78 is 0. The lowest BCUT2D eigenvalue weighted by atomic mass is 10.1. The molecule has 2 aliphatic rings. The van der Waals surface area contributed by atoms with Crippen LogP contribution in [0.15, 0.2) is 0 Å². The Labute approximate surface area is 101 Å². The molecule has 2 aliphatic carbocycles. The van der Waals surface area contributed by atoms with E-state index in [0.717, 1.165) is 29.7 Å². The zero-order valence-electron chi connectivity index (χ0n) is 9.67. The summed E-state index contributed by atoms with van der Waals surface area (Å²) >= 11 is 6.29. The second-order valence-electron chi connectivity index (χ2n) is 5.18. The van der Waals surface area contributed by atoms with E-state index in [4.69, 9.17) is 16.6 Å². The van der Waals surface area contributed by atoms with Crippen LogP contribution >= 0.6 is 11.6 Å². The Morgan fingerprint density at radius 3 is 2.62 bits per heavy atom. The standard InChI is InChI=1S/C13H17ClN2/c1-8-7-10(8)13-15-11-6-4-2-3-5-9(11)12(14)16-13/h8,10H,2-7H2,1H3. The van der Waals surface area contributed by atoms with Gasteiger partial charge in [-0.25, -0.2) is 9.97 Å². The molecule has 1 saturated carbocycles. The summed E-state index contributed by atoms with van der Waals surface area (Å²) in [5, 5.41) is 0.723. The average molecular weight is 237 g/mol. The van der Waals surface area contributed by atoms with Gasteiger partial charge in [-0.2, -0.15) is 0 Å². The molecule has 86 valence electrons. The van der Waals surface area contributed by atoms with Crippen molar-refractivity contribution in [2.24, 2.45) is 5.92 Å². The van der Waals surface area contributed by atoms with Crippen molar-refractivity contribution in [1.82, 2.24) is 9.97 Å². The summed E-state index contributed by atoms with van der Waals surface area (Å²) in [4.78, 5) is 9.25. The molecule has 1 aromatic rings. The first kappa shape index (κ1) is 10.5. The Kier molecular flexibility index (Phi) is 2.62. The van der Waals surface area contributed by atoms with Crippen LogP contribution in [0, 0.1) is 5.92 Å². The van der Waals surface area contributed by atoms with Gasteiger partial charge in [0.05, 0.1) is 0 Å². The van der Waals surface area contributed by atoms with Gasteiger partial charge in [-0.1, -0.05) is 24.9 Å². The van der Waals surface area contributed by atoms with Gasteiger partial charge in [-0.3, -0.25) is 0 Å². The quantitative estimate of drug-likeness (QED) is 0.551. The minimum Gasteiger partial charge on any atom is -0.237 e. The fourth-order valence-corrected chi connectivity index (χ4v) is 2.88. The van der Waals surface area contributed by atoms with E-state index in [0.29, 0.717) is 5.92 Å². The number of nitrogens with zero attached hydrogens (tertiary/aromatic N) is 2. The molecule has 2 unspecified atom stereocenters. The Morgan fingerprint density at radius 1 is 1.12 bits per heavy atom. The molecule has 1 fully saturated rings. The topological polar surface area (TPSA) is 25.8 Å². The predicted octanol–water partition coefficient (Wildman–Crippen LogP) is 3.52. The van der Waals surface area contributed by atoms with Gasteiger partial charge >= 0.3 is 0 Å². The van der Waals surface area contributed by atoms with Gasteiger partial charge in [-0.05, 0) is 38.0 Å². The molecular formula is C13H17ClN2. The molecule has 0 amide bonds. The van der Waals surface area contributed by atoms with Crippen LogP contribution < -0.4 is 0 Å². The first-order chi connectivity index (χ1) is 7.75. The number of fused-ring (bicyclic) bond motifs is 1. The monoisotopic (exact) mass is 236 g/mol. The van der Waals surface area contributed by atoms with Gasteiger partial charge in [0.2, 0.25) is 0 Å². The maximum absolute atomic E-state index is 6.29. The first-order valence-electron chi connectivity index (χ1n) is 6.31. The lowest BCUT2D eigenvalue weighted by molar-refractivity contribution is 0.707. The van der Waals surface area contributed by atoms with Crippen LogP contribution in [0.25, 0.3) is 0 Å². The molecule has 1 aromatic heterocycles. The Morgan fingerprint density at radius 2 is 1.88 bits per heavy atom. The summed E-state index contributed by atoms with van der Waals surface area (Å²) in [6, 6.07) is 0. The van der Waals surface area contributed by atoms with Crippen LogP contribution in [0.2, 0.25) is 5.15 Å². The first-order valence-corrected chi connectivity index (χ1v) is 6.68. The number of halogens is 1. The maximum atomic E-state index is 6.29. The van der Waals surface area contributed by atoms with Crippen LogP contribution in [0.4, 0.5) is 0 Å². The van der Waals surface area contributed by atoms with Crippen molar-refractivity contribution < 1.29 is 0 Å². The summed E-state index contributed by atoms with van der Waals surface area (Å²) in [5.74, 6) is 2.32. The SMILES string of the molecule is CC1CC1c1nc(Cl)c2c(n1)CCCCC2. The smallest absolute Gasteiger partial charge is 0.136 e. The number of rotatable bonds is 1. The molecular weight excluding hydrogens is 220 g/mol. The second kappa shape index (κ2) is 3.99. The highest BCUT2D eigenvalue weighted by Gasteiger charge is 2.37. The minimum atomic E-state index is 0.575. The third kappa shape index (κ3) is 1.84. The van der Waals surface area contributed by atoms with E-state index in [1.807, 2.05) is 0 Å². The third-order valence-electron chi connectivity index (χ3n) is 3.84. The molecule has 2 nitrogen and oxygen atoms in total. The van der Waals surface area contributed by atoms with E-state index >= 15 is 0 Å². The molecule has 0 saturated heterocycles. The zero-order valence-corrected chi connectivity index (χ0v) is 10.4. The predicted molar refractivity (Wildman–Crippen MR) is 64.8 cm³/mol. The van der Waals surface area contributed by atoms with Crippen molar-refractivity contribution >= 4 is 11.6 Å². The molecule has 16 heavy (non-hydrogen) atoms. The number of hydrogen-bond donors (Lipinski definition) is 0. The molecule has 0 aromatic carbocycles. The molecule has 0 aliphatic heterocycles. The van der Waals surface area contributed by atoms with Gasteiger partial charge in [0.25, 0.3) is 0 Å². The van der Waals surface area contributed by atoms with E-state index < -0.39 is 0 Å². The van der Waals surface area contributed by atoms with E-state index in [2.05, 4.69) is 11.9 Å². The second-order valence-corrected chi connectivity index (χ2v) is 5.54. The van der Waals surface area contributed by atoms with Crippen LogP contribution in [0.1, 0.15) is 55.6 Å². The number of aryl methyl sites for hydroxylation is 1. The van der Waals surface area contributed by atoms with Gasteiger partial charge in [0.15, 0.2) is 0 Å². The summed E-state index contributed by atoms with van der Waals surface area (Å²) in [6.45, 7) is 2.26. The average Bonchev–Trinajstić information content (AvgIpc) is 3.00. The van der Waals surface area contributed by atoms with Crippen molar-refractivity contribution in [2.45, 2.75) is 51.4 Å². The zero-order chi connectivity index (χ0) is 11.1. The fourth-order valence-electron chi connectivity index (χ4n) is 2.59. The Bertz CT molecular complexity index is 417. The summed E-state index contributed by atoms with van der Waals surface area (Å²) in [5.41, 5.74) is 2.45. The van der Waals surface area contributed by atoms with Gasteiger partial charge < -0.3 is 0 Å². The Hall–Kier alpha value is -0.630. The lowest BCUT2D eigenvalue weighted by Crippen LogP contribution is -2.04. The van der Waals surface area contributed by atoms with Crippen molar-refractivity contribution in [3.05, 3.63) is 22.2 Å². The molecule has 3 rings (SSSR count). The molecule has 0 N–H and O–H groups in total. The van der Waals surface area contributed by atoms with Crippen molar-refractivity contribution in [1.29, 1.82) is 0 Å². The van der Waals surface area contributed by atoms with E-state index in [9.17, 15) is 0 Å². The van der Waals surface area contributed by atoms with Gasteiger partial charge in [-0.15, -0.1) is 0 Å². The highest BCUT2D eigenvalue weighted by molar-refractivity contribution is 6.30. The molecule has 3 heteroatoms.